The van der Waals surface area contributed by atoms with Gasteiger partial charge in [0.25, 0.3) is 0 Å². The highest BCUT2D eigenvalue weighted by Gasteiger charge is 2.63. The number of ether oxygens (including phenoxy) is 2. The lowest BCUT2D eigenvalue weighted by atomic mass is 9.54. The van der Waals surface area contributed by atoms with Crippen molar-refractivity contribution in [2.24, 2.45) is 11.8 Å². The fourth-order valence-electron chi connectivity index (χ4n) is 3.86. The van der Waals surface area contributed by atoms with E-state index in [9.17, 15) is 14.7 Å². The molecule has 2 bridgehead atoms. The number of rotatable bonds is 7. The van der Waals surface area contributed by atoms with Crippen LogP contribution in [0.2, 0.25) is 0 Å². The van der Waals surface area contributed by atoms with E-state index in [1.54, 1.807) is 7.11 Å². The molecular formula is C16H29NO6. The van der Waals surface area contributed by atoms with Crippen LogP contribution in [0.25, 0.3) is 0 Å². The lowest BCUT2D eigenvalue weighted by molar-refractivity contribution is -0.292. The number of carboxylic acid groups (broad SMARTS) is 1. The number of amides is 1. The molecule has 23 heavy (non-hydrogen) atoms. The summed E-state index contributed by atoms with van der Waals surface area (Å²) in [6, 6.07) is -0.268. The van der Waals surface area contributed by atoms with Gasteiger partial charge < -0.3 is 25.0 Å². The maximum atomic E-state index is 11.7. The maximum absolute atomic E-state index is 11.7. The normalized spacial score (nSPS) is 34.7. The number of hydrogen-bond acceptors (Lipinski definition) is 5. The van der Waals surface area contributed by atoms with Gasteiger partial charge in [-0.1, -0.05) is 27.2 Å². The Morgan fingerprint density at radius 1 is 1.39 bits per heavy atom. The average Bonchev–Trinajstić information content (AvgIpc) is 2.50. The largest absolute Gasteiger partial charge is 0.481 e. The average molecular weight is 331 g/mol. The first-order valence-electron chi connectivity index (χ1n) is 8.26. The molecule has 1 aliphatic carbocycles. The number of methoxy groups -OCH3 is 1. The quantitative estimate of drug-likeness (QED) is 0.596. The van der Waals surface area contributed by atoms with Crippen LogP contribution in [0.1, 0.15) is 40.0 Å². The van der Waals surface area contributed by atoms with Crippen molar-refractivity contribution in [1.82, 2.24) is 5.32 Å². The number of carbonyl (C=O) groups is 2. The smallest absolute Gasteiger partial charge is 0.312 e. The minimum atomic E-state index is -1.15. The number of aliphatic hydroxyl groups is 1. The van der Waals surface area contributed by atoms with E-state index < -0.39 is 23.9 Å². The first-order chi connectivity index (χ1) is 11.0. The molecule has 2 heterocycles. The summed E-state index contributed by atoms with van der Waals surface area (Å²) in [7, 11) is 1.54. The molecule has 3 rings (SSSR count). The number of carbonyl (C=O) groups excluding carboxylic acids is 1. The maximum Gasteiger partial charge on any atom is 0.312 e. The predicted octanol–water partition coefficient (Wildman–Crippen LogP) is 0.795. The molecule has 7 heteroatoms. The first kappa shape index (κ1) is 19.9. The number of nitrogens with one attached hydrogen (secondary N) is 1. The summed E-state index contributed by atoms with van der Waals surface area (Å²) < 4.78 is 11.1. The zero-order valence-electron chi connectivity index (χ0n) is 14.4. The van der Waals surface area contributed by atoms with Gasteiger partial charge in [0.05, 0.1) is 24.9 Å². The van der Waals surface area contributed by atoms with E-state index in [1.165, 1.54) is 0 Å². The molecule has 3 N–H and O–H groups in total. The second-order valence-electron chi connectivity index (χ2n) is 5.88. The molecule has 2 saturated heterocycles. The van der Waals surface area contributed by atoms with Crippen molar-refractivity contribution < 1.29 is 29.3 Å². The minimum Gasteiger partial charge on any atom is -0.481 e. The zero-order chi connectivity index (χ0) is 17.6. The lowest BCUT2D eigenvalue weighted by Gasteiger charge is -2.63. The number of hydrogen-bond donors (Lipinski definition) is 3. The van der Waals surface area contributed by atoms with Crippen LogP contribution in [0.5, 0.6) is 0 Å². The van der Waals surface area contributed by atoms with Crippen LogP contribution >= 0.6 is 0 Å². The van der Waals surface area contributed by atoms with Gasteiger partial charge >= 0.3 is 5.97 Å². The summed E-state index contributed by atoms with van der Waals surface area (Å²) in [6.07, 6.45) is 0.614. The van der Waals surface area contributed by atoms with Gasteiger partial charge in [0.15, 0.2) is 0 Å². The van der Waals surface area contributed by atoms with E-state index >= 15 is 0 Å². The Morgan fingerprint density at radius 2 is 2.04 bits per heavy atom. The Morgan fingerprint density at radius 3 is 2.52 bits per heavy atom. The van der Waals surface area contributed by atoms with Crippen molar-refractivity contribution in [2.45, 2.75) is 57.8 Å². The SMILES string of the molecule is CC.CCC1C2CC1(CO)OC(COC)C2NC(=O)CC(=O)O. The zero-order valence-corrected chi connectivity index (χ0v) is 14.4. The molecule has 0 radical (unpaired) electrons. The van der Waals surface area contributed by atoms with Crippen LogP contribution in [0, 0.1) is 11.8 Å². The summed E-state index contributed by atoms with van der Waals surface area (Å²) in [5.41, 5.74) is -0.531. The van der Waals surface area contributed by atoms with E-state index in [4.69, 9.17) is 14.6 Å². The first-order valence-corrected chi connectivity index (χ1v) is 8.26. The van der Waals surface area contributed by atoms with Crippen molar-refractivity contribution in [1.29, 1.82) is 0 Å². The molecule has 3 fully saturated rings. The van der Waals surface area contributed by atoms with Crippen molar-refractivity contribution >= 4 is 11.9 Å². The summed E-state index contributed by atoms with van der Waals surface area (Å²) >= 11 is 0. The third-order valence-corrected chi connectivity index (χ3v) is 4.70. The highest BCUT2D eigenvalue weighted by atomic mass is 16.6. The third-order valence-electron chi connectivity index (χ3n) is 4.70. The minimum absolute atomic E-state index is 0.0436. The number of aliphatic carboxylic acids is 1. The standard InChI is InChI=1S/C14H23NO6.C2H6/c1-3-9-8-5-14(9,7-16)21-10(6-20-2)13(8)15-11(17)4-12(18)19;1-2/h8-10,13,16H,3-7H2,1-2H3,(H,15,17)(H,18,19);1-2H3. The topological polar surface area (TPSA) is 105 Å². The third kappa shape index (κ3) is 4.02. The Kier molecular flexibility index (Phi) is 7.44. The molecule has 3 aliphatic rings. The lowest BCUT2D eigenvalue weighted by Crippen LogP contribution is -2.73. The molecule has 5 atom stereocenters. The van der Waals surface area contributed by atoms with E-state index in [1.807, 2.05) is 20.8 Å². The van der Waals surface area contributed by atoms with E-state index in [2.05, 4.69) is 5.32 Å². The fourth-order valence-corrected chi connectivity index (χ4v) is 3.86. The van der Waals surface area contributed by atoms with Crippen LogP contribution in [0.3, 0.4) is 0 Å². The molecule has 0 aromatic heterocycles. The summed E-state index contributed by atoms with van der Waals surface area (Å²) in [4.78, 5) is 22.4. The number of fused-ring (bicyclic) bond motifs is 2. The van der Waals surface area contributed by atoms with Crippen molar-refractivity contribution in [3.05, 3.63) is 0 Å². The Labute approximate surface area is 137 Å². The van der Waals surface area contributed by atoms with Gasteiger partial charge in [0, 0.05) is 7.11 Å². The van der Waals surface area contributed by atoms with Gasteiger partial charge in [0.2, 0.25) is 5.91 Å². The Balaban J connectivity index is 0.00000127. The molecule has 134 valence electrons. The Bertz CT molecular complexity index is 413. The van der Waals surface area contributed by atoms with Crippen molar-refractivity contribution in [3.63, 3.8) is 0 Å². The van der Waals surface area contributed by atoms with E-state index in [0.717, 1.165) is 6.42 Å². The summed E-state index contributed by atoms with van der Waals surface area (Å²) in [5.74, 6) is -1.31. The van der Waals surface area contributed by atoms with Gasteiger partial charge in [-0.15, -0.1) is 0 Å². The molecule has 0 aromatic carbocycles. The molecule has 1 saturated carbocycles. The molecule has 7 nitrogen and oxygen atoms in total. The summed E-state index contributed by atoms with van der Waals surface area (Å²) in [6.45, 7) is 6.28. The van der Waals surface area contributed by atoms with Gasteiger partial charge in [0.1, 0.15) is 12.5 Å². The van der Waals surface area contributed by atoms with Gasteiger partial charge in [-0.05, 0) is 18.3 Å². The van der Waals surface area contributed by atoms with Gasteiger partial charge in [-0.25, -0.2) is 0 Å². The molecular weight excluding hydrogens is 302 g/mol. The second-order valence-corrected chi connectivity index (χ2v) is 5.88. The van der Waals surface area contributed by atoms with Crippen LogP contribution in [0.15, 0.2) is 0 Å². The summed E-state index contributed by atoms with van der Waals surface area (Å²) in [5, 5.41) is 21.1. The van der Waals surface area contributed by atoms with Crippen LogP contribution < -0.4 is 5.32 Å². The van der Waals surface area contributed by atoms with Crippen molar-refractivity contribution in [2.75, 3.05) is 20.3 Å². The predicted molar refractivity (Wildman–Crippen MR) is 84.0 cm³/mol. The van der Waals surface area contributed by atoms with Crippen LogP contribution in [0.4, 0.5) is 0 Å². The highest BCUT2D eigenvalue weighted by molar-refractivity contribution is 5.93. The molecule has 0 spiro atoms. The number of aliphatic hydroxyl groups excluding tert-OH is 1. The van der Waals surface area contributed by atoms with Crippen LogP contribution in [-0.4, -0.2) is 60.2 Å². The molecule has 5 unspecified atom stereocenters. The molecule has 2 aliphatic heterocycles. The van der Waals surface area contributed by atoms with E-state index in [-0.39, 0.29) is 30.6 Å². The highest BCUT2D eigenvalue weighted by Crippen LogP contribution is 2.55. The molecule has 0 aromatic rings. The van der Waals surface area contributed by atoms with E-state index in [0.29, 0.717) is 13.0 Å². The molecule has 1 amide bonds. The van der Waals surface area contributed by atoms with Gasteiger partial charge in [-0.3, -0.25) is 9.59 Å². The van der Waals surface area contributed by atoms with Gasteiger partial charge in [-0.2, -0.15) is 0 Å². The second kappa shape index (κ2) is 8.61. The fraction of sp³-hybridized carbons (Fsp3) is 0.875. The number of carboxylic acids is 1. The van der Waals surface area contributed by atoms with Crippen molar-refractivity contribution in [3.8, 4) is 0 Å². The monoisotopic (exact) mass is 331 g/mol. The van der Waals surface area contributed by atoms with Crippen LogP contribution in [-0.2, 0) is 19.1 Å². The Hall–Kier alpha value is -1.18.